The van der Waals surface area contributed by atoms with Gasteiger partial charge in [-0.25, -0.2) is 0 Å². The number of carbonyl (C=O) groups is 1. The number of rotatable bonds is 5. The van der Waals surface area contributed by atoms with Gasteiger partial charge in [0, 0.05) is 7.11 Å². The zero-order chi connectivity index (χ0) is 13.8. The number of ether oxygens (including phenoxy) is 1. The second kappa shape index (κ2) is 6.20. The van der Waals surface area contributed by atoms with E-state index in [1.165, 1.54) is 0 Å². The minimum atomic E-state index is -0.426. The Labute approximate surface area is 115 Å². The summed E-state index contributed by atoms with van der Waals surface area (Å²) < 4.78 is 5.29. The van der Waals surface area contributed by atoms with Crippen LogP contribution in [0.15, 0.2) is 0 Å². The molecule has 1 aliphatic carbocycles. The summed E-state index contributed by atoms with van der Waals surface area (Å²) in [6.07, 6.45) is 5.54. The van der Waals surface area contributed by atoms with E-state index in [-0.39, 0.29) is 18.1 Å². The monoisotopic (exact) mass is 270 g/mol. The van der Waals surface area contributed by atoms with E-state index < -0.39 is 5.41 Å². The first kappa shape index (κ1) is 14.8. The molecule has 1 saturated carbocycles. The Morgan fingerprint density at radius 1 is 1.26 bits per heavy atom. The quantitative estimate of drug-likeness (QED) is 0.677. The highest BCUT2D eigenvalue weighted by molar-refractivity contribution is 5.83. The van der Waals surface area contributed by atoms with E-state index in [4.69, 9.17) is 4.74 Å². The molecule has 110 valence electrons. The second-order valence-electron chi connectivity index (χ2n) is 6.06. The summed E-state index contributed by atoms with van der Waals surface area (Å²) in [5.74, 6) is 0.0619. The molecule has 0 radical (unpaired) electrons. The second-order valence-corrected chi connectivity index (χ2v) is 6.06. The topological polar surface area (TPSA) is 70.6 Å². The van der Waals surface area contributed by atoms with Crippen LogP contribution in [0.25, 0.3) is 0 Å². The minimum absolute atomic E-state index is 0.0417. The van der Waals surface area contributed by atoms with Gasteiger partial charge in [-0.2, -0.15) is 0 Å². The van der Waals surface area contributed by atoms with Crippen molar-refractivity contribution in [3.8, 4) is 0 Å². The molecule has 1 heterocycles. The predicted octanol–water partition coefficient (Wildman–Crippen LogP) is 0.424. The third kappa shape index (κ3) is 3.09. The Kier molecular flexibility index (Phi) is 4.81. The van der Waals surface area contributed by atoms with Gasteiger partial charge in [0.15, 0.2) is 0 Å². The Balaban J connectivity index is 2.06. The largest absolute Gasteiger partial charge is 0.394 e. The molecule has 0 aromatic rings. The summed E-state index contributed by atoms with van der Waals surface area (Å²) in [6.45, 7) is 2.20. The van der Waals surface area contributed by atoms with Crippen LogP contribution in [-0.4, -0.2) is 50.0 Å². The Hall–Kier alpha value is -0.650. The lowest BCUT2D eigenvalue weighted by Crippen LogP contribution is -2.57. The van der Waals surface area contributed by atoms with Crippen LogP contribution in [0.2, 0.25) is 0 Å². The van der Waals surface area contributed by atoms with Gasteiger partial charge in [0.1, 0.15) is 0 Å². The van der Waals surface area contributed by atoms with E-state index in [2.05, 4.69) is 10.6 Å². The fraction of sp³-hybridized carbons (Fsp3) is 0.929. The summed E-state index contributed by atoms with van der Waals surface area (Å²) in [7, 11) is 1.65. The van der Waals surface area contributed by atoms with E-state index in [9.17, 15) is 9.90 Å². The molecule has 2 aliphatic rings. The predicted molar refractivity (Wildman–Crippen MR) is 72.8 cm³/mol. The molecule has 1 saturated heterocycles. The van der Waals surface area contributed by atoms with Gasteiger partial charge in [-0.15, -0.1) is 0 Å². The van der Waals surface area contributed by atoms with Crippen LogP contribution >= 0.6 is 0 Å². The van der Waals surface area contributed by atoms with Gasteiger partial charge in [-0.3, -0.25) is 4.79 Å². The van der Waals surface area contributed by atoms with Crippen molar-refractivity contribution in [1.29, 1.82) is 0 Å². The molecule has 0 aromatic heterocycles. The lowest BCUT2D eigenvalue weighted by Gasteiger charge is -2.39. The average molecular weight is 270 g/mol. The molecule has 0 spiro atoms. The van der Waals surface area contributed by atoms with Gasteiger partial charge in [-0.1, -0.05) is 12.8 Å². The van der Waals surface area contributed by atoms with E-state index in [0.717, 1.165) is 51.6 Å². The molecule has 19 heavy (non-hydrogen) atoms. The number of amides is 1. The number of carbonyl (C=O) groups excluding carboxylic acids is 1. The maximum atomic E-state index is 12.7. The van der Waals surface area contributed by atoms with E-state index in [1.54, 1.807) is 7.11 Å². The van der Waals surface area contributed by atoms with Crippen molar-refractivity contribution in [2.75, 3.05) is 33.4 Å². The number of hydrogen-bond donors (Lipinski definition) is 3. The van der Waals surface area contributed by atoms with Gasteiger partial charge < -0.3 is 20.5 Å². The van der Waals surface area contributed by atoms with Crippen LogP contribution in [-0.2, 0) is 9.53 Å². The standard InChI is InChI=1S/C14H26N2O3/c1-19-11-13(6-8-15-9-7-13)12(18)16-14(10-17)4-2-3-5-14/h15,17H,2-11H2,1H3,(H,16,18). The summed E-state index contributed by atoms with van der Waals surface area (Å²) in [6, 6.07) is 0. The van der Waals surface area contributed by atoms with Gasteiger partial charge in [0.2, 0.25) is 5.91 Å². The number of hydrogen-bond acceptors (Lipinski definition) is 4. The molecule has 5 nitrogen and oxygen atoms in total. The van der Waals surface area contributed by atoms with Crippen molar-refractivity contribution in [3.05, 3.63) is 0 Å². The first-order valence-corrected chi connectivity index (χ1v) is 7.30. The lowest BCUT2D eigenvalue weighted by atomic mass is 9.78. The van der Waals surface area contributed by atoms with Gasteiger partial charge in [0.25, 0.3) is 0 Å². The van der Waals surface area contributed by atoms with Crippen molar-refractivity contribution in [3.63, 3.8) is 0 Å². The molecule has 5 heteroatoms. The highest BCUT2D eigenvalue weighted by Crippen LogP contribution is 2.34. The lowest BCUT2D eigenvalue weighted by molar-refractivity contribution is -0.138. The van der Waals surface area contributed by atoms with Crippen molar-refractivity contribution in [1.82, 2.24) is 10.6 Å². The summed E-state index contributed by atoms with van der Waals surface area (Å²) in [5.41, 5.74) is -0.812. The van der Waals surface area contributed by atoms with Crippen LogP contribution in [0.3, 0.4) is 0 Å². The third-order valence-electron chi connectivity index (χ3n) is 4.70. The van der Waals surface area contributed by atoms with Crippen molar-refractivity contribution in [2.45, 2.75) is 44.1 Å². The first-order chi connectivity index (χ1) is 9.16. The van der Waals surface area contributed by atoms with Crippen molar-refractivity contribution in [2.24, 2.45) is 5.41 Å². The molecule has 1 amide bonds. The smallest absolute Gasteiger partial charge is 0.229 e. The molecule has 0 bridgehead atoms. The van der Waals surface area contributed by atoms with Gasteiger partial charge in [0.05, 0.1) is 24.2 Å². The zero-order valence-corrected chi connectivity index (χ0v) is 11.8. The van der Waals surface area contributed by atoms with Crippen molar-refractivity contribution < 1.29 is 14.6 Å². The maximum Gasteiger partial charge on any atom is 0.229 e. The Morgan fingerprint density at radius 2 is 1.89 bits per heavy atom. The van der Waals surface area contributed by atoms with Crippen molar-refractivity contribution >= 4 is 5.91 Å². The normalized spacial score (nSPS) is 25.2. The summed E-state index contributed by atoms with van der Waals surface area (Å²) >= 11 is 0. The average Bonchev–Trinajstić information content (AvgIpc) is 2.89. The number of aliphatic hydroxyl groups is 1. The summed E-state index contributed by atoms with van der Waals surface area (Å²) in [5, 5.41) is 16.0. The summed E-state index contributed by atoms with van der Waals surface area (Å²) in [4.78, 5) is 12.7. The van der Waals surface area contributed by atoms with Crippen LogP contribution < -0.4 is 10.6 Å². The maximum absolute atomic E-state index is 12.7. The fourth-order valence-corrected chi connectivity index (χ4v) is 3.37. The van der Waals surface area contributed by atoms with Crippen LogP contribution in [0.1, 0.15) is 38.5 Å². The number of aliphatic hydroxyl groups excluding tert-OH is 1. The van der Waals surface area contributed by atoms with Gasteiger partial charge >= 0.3 is 0 Å². The van der Waals surface area contributed by atoms with E-state index in [0.29, 0.717) is 6.61 Å². The highest BCUT2D eigenvalue weighted by atomic mass is 16.5. The molecule has 0 unspecified atom stereocenters. The molecular weight excluding hydrogens is 244 g/mol. The van der Waals surface area contributed by atoms with E-state index in [1.807, 2.05) is 0 Å². The van der Waals surface area contributed by atoms with Crippen LogP contribution in [0.5, 0.6) is 0 Å². The van der Waals surface area contributed by atoms with Crippen LogP contribution in [0, 0.1) is 5.41 Å². The Bertz CT molecular complexity index is 302. The van der Waals surface area contributed by atoms with E-state index >= 15 is 0 Å². The number of piperidine rings is 1. The SMILES string of the molecule is COCC1(C(=O)NC2(CO)CCCC2)CCNCC1. The molecule has 0 aromatic carbocycles. The number of methoxy groups -OCH3 is 1. The highest BCUT2D eigenvalue weighted by Gasteiger charge is 2.44. The molecule has 3 N–H and O–H groups in total. The van der Waals surface area contributed by atoms with Gasteiger partial charge in [-0.05, 0) is 38.8 Å². The van der Waals surface area contributed by atoms with Crippen LogP contribution in [0.4, 0.5) is 0 Å². The molecule has 1 aliphatic heterocycles. The molecule has 2 fully saturated rings. The minimum Gasteiger partial charge on any atom is -0.394 e. The Morgan fingerprint density at radius 3 is 2.42 bits per heavy atom. The fourth-order valence-electron chi connectivity index (χ4n) is 3.37. The molecule has 2 rings (SSSR count). The third-order valence-corrected chi connectivity index (χ3v) is 4.70. The molecular formula is C14H26N2O3. The zero-order valence-electron chi connectivity index (χ0n) is 11.8. The first-order valence-electron chi connectivity index (χ1n) is 7.30. The number of nitrogens with one attached hydrogen (secondary N) is 2. The molecule has 0 atom stereocenters.